The Morgan fingerprint density at radius 2 is 1.66 bits per heavy atom. The fourth-order valence-electron chi connectivity index (χ4n) is 2.88. The maximum Gasteiger partial charge on any atom is 0.303 e. The van der Waals surface area contributed by atoms with Gasteiger partial charge in [0.15, 0.2) is 0 Å². The van der Waals surface area contributed by atoms with Crippen LogP contribution in [0.2, 0.25) is 5.02 Å². The first kappa shape index (κ1) is 23.1. The fraction of sp³-hybridized carbons (Fsp3) is 0.458. The molecule has 0 spiro atoms. The molecule has 4 nitrogen and oxygen atoms in total. The lowest BCUT2D eigenvalue weighted by molar-refractivity contribution is -0.137. The number of ether oxygens (including phenoxy) is 2. The molecule has 0 bridgehead atoms. The molecule has 29 heavy (non-hydrogen) atoms. The molecule has 0 heterocycles. The van der Waals surface area contributed by atoms with Gasteiger partial charge in [0, 0.05) is 5.92 Å². The first-order valence-corrected chi connectivity index (χ1v) is 10.3. The van der Waals surface area contributed by atoms with E-state index in [4.69, 9.17) is 26.2 Å². The molecule has 5 heteroatoms. The van der Waals surface area contributed by atoms with Crippen LogP contribution < -0.4 is 9.47 Å². The highest BCUT2D eigenvalue weighted by molar-refractivity contribution is 6.32. The molecule has 0 aliphatic rings. The summed E-state index contributed by atoms with van der Waals surface area (Å²) in [6.07, 6.45) is 0.119. The molecule has 0 fully saturated rings. The Morgan fingerprint density at radius 3 is 2.21 bits per heavy atom. The summed E-state index contributed by atoms with van der Waals surface area (Å²) in [7, 11) is 0. The zero-order chi connectivity index (χ0) is 21.6. The van der Waals surface area contributed by atoms with E-state index in [-0.39, 0.29) is 23.7 Å². The summed E-state index contributed by atoms with van der Waals surface area (Å²) >= 11 is 6.37. The van der Waals surface area contributed by atoms with Crippen molar-refractivity contribution in [3.8, 4) is 11.5 Å². The van der Waals surface area contributed by atoms with Crippen LogP contribution in [0.4, 0.5) is 0 Å². The van der Waals surface area contributed by atoms with E-state index in [1.54, 1.807) is 0 Å². The summed E-state index contributed by atoms with van der Waals surface area (Å²) < 4.78 is 11.7. The smallest absolute Gasteiger partial charge is 0.303 e. The van der Waals surface area contributed by atoms with Gasteiger partial charge in [-0.1, -0.05) is 64.4 Å². The van der Waals surface area contributed by atoms with Gasteiger partial charge >= 0.3 is 5.97 Å². The van der Waals surface area contributed by atoms with Gasteiger partial charge in [-0.15, -0.1) is 0 Å². The van der Waals surface area contributed by atoms with Gasteiger partial charge in [-0.05, 0) is 46.7 Å². The minimum Gasteiger partial charge on any atom is -0.493 e. The molecule has 0 saturated heterocycles. The Kier molecular flexibility index (Phi) is 7.97. The molecule has 158 valence electrons. The van der Waals surface area contributed by atoms with E-state index in [0.717, 1.165) is 11.3 Å². The summed E-state index contributed by atoms with van der Waals surface area (Å²) in [6, 6.07) is 13.5. The van der Waals surface area contributed by atoms with Crippen molar-refractivity contribution in [2.24, 2.45) is 5.92 Å². The Balaban J connectivity index is 1.83. The third kappa shape index (κ3) is 7.28. The first-order valence-electron chi connectivity index (χ1n) is 9.93. The number of benzene rings is 2. The van der Waals surface area contributed by atoms with Crippen molar-refractivity contribution in [3.63, 3.8) is 0 Å². The summed E-state index contributed by atoms with van der Waals surface area (Å²) in [4.78, 5) is 10.8. The summed E-state index contributed by atoms with van der Waals surface area (Å²) in [5, 5.41) is 9.52. The van der Waals surface area contributed by atoms with Crippen LogP contribution in [-0.4, -0.2) is 24.3 Å². The molecule has 0 amide bonds. The Bertz CT molecular complexity index is 809. The van der Waals surface area contributed by atoms with E-state index in [0.29, 0.717) is 24.0 Å². The van der Waals surface area contributed by atoms with E-state index in [1.807, 2.05) is 43.3 Å². The minimum atomic E-state index is -0.792. The molecule has 0 aliphatic heterocycles. The Morgan fingerprint density at radius 1 is 1.03 bits per heavy atom. The standard InChI is InChI=1S/C24H31ClO4/c1-16(15-29-22-11-8-19(13-21(22)25)24(3,4)5)14-28-20-9-6-18(7-10-20)17(2)12-23(26)27/h6-11,13,16-17H,12,14-15H2,1-5H3,(H,26,27). The number of hydrogen-bond acceptors (Lipinski definition) is 3. The zero-order valence-corrected chi connectivity index (χ0v) is 18.6. The summed E-state index contributed by atoms with van der Waals surface area (Å²) in [6.45, 7) is 11.4. The van der Waals surface area contributed by atoms with E-state index in [2.05, 4.69) is 33.8 Å². The second-order valence-corrected chi connectivity index (χ2v) is 9.10. The Labute approximate surface area is 178 Å². The molecule has 0 aliphatic carbocycles. The van der Waals surface area contributed by atoms with Gasteiger partial charge in [-0.2, -0.15) is 0 Å². The molecule has 0 saturated carbocycles. The van der Waals surface area contributed by atoms with E-state index in [1.165, 1.54) is 5.56 Å². The largest absolute Gasteiger partial charge is 0.493 e. The molecule has 2 aromatic rings. The average Bonchev–Trinajstić information content (AvgIpc) is 2.64. The molecule has 2 atom stereocenters. The molecule has 2 unspecified atom stereocenters. The quantitative estimate of drug-likeness (QED) is 0.518. The van der Waals surface area contributed by atoms with Gasteiger partial charge in [0.25, 0.3) is 0 Å². The van der Waals surface area contributed by atoms with Crippen LogP contribution in [0, 0.1) is 5.92 Å². The van der Waals surface area contributed by atoms with E-state index >= 15 is 0 Å². The molecule has 0 aromatic heterocycles. The van der Waals surface area contributed by atoms with Crippen LogP contribution in [-0.2, 0) is 10.2 Å². The third-order valence-electron chi connectivity index (χ3n) is 4.79. The van der Waals surface area contributed by atoms with Gasteiger partial charge in [0.2, 0.25) is 0 Å². The van der Waals surface area contributed by atoms with Crippen molar-refractivity contribution >= 4 is 17.6 Å². The minimum absolute atomic E-state index is 0.0247. The zero-order valence-electron chi connectivity index (χ0n) is 17.9. The van der Waals surface area contributed by atoms with Crippen molar-refractivity contribution in [3.05, 3.63) is 58.6 Å². The number of rotatable bonds is 9. The fourth-order valence-corrected chi connectivity index (χ4v) is 3.11. The number of hydrogen-bond donors (Lipinski definition) is 1. The number of carboxylic acids is 1. The normalized spacial score (nSPS) is 13.6. The molecule has 1 N–H and O–H groups in total. The number of carbonyl (C=O) groups is 1. The third-order valence-corrected chi connectivity index (χ3v) is 5.08. The molecular formula is C24H31ClO4. The topological polar surface area (TPSA) is 55.8 Å². The lowest BCUT2D eigenvalue weighted by atomic mass is 9.87. The van der Waals surface area contributed by atoms with Crippen LogP contribution in [0.3, 0.4) is 0 Å². The van der Waals surface area contributed by atoms with Gasteiger partial charge in [0.05, 0.1) is 24.7 Å². The predicted octanol–water partition coefficient (Wildman–Crippen LogP) is 6.31. The molecule has 2 aromatic carbocycles. The van der Waals surface area contributed by atoms with Crippen molar-refractivity contribution in [1.29, 1.82) is 0 Å². The lowest BCUT2D eigenvalue weighted by Gasteiger charge is -2.20. The van der Waals surface area contributed by atoms with Gasteiger partial charge in [-0.25, -0.2) is 0 Å². The van der Waals surface area contributed by atoms with Gasteiger partial charge in [0.1, 0.15) is 11.5 Å². The maximum atomic E-state index is 10.8. The van der Waals surface area contributed by atoms with Gasteiger partial charge in [-0.3, -0.25) is 4.79 Å². The second kappa shape index (κ2) is 10.0. The highest BCUT2D eigenvalue weighted by Crippen LogP contribution is 2.31. The number of halogens is 1. The average molecular weight is 419 g/mol. The number of carboxylic acid groups (broad SMARTS) is 1. The van der Waals surface area contributed by atoms with Crippen molar-refractivity contribution in [1.82, 2.24) is 0 Å². The first-order chi connectivity index (χ1) is 13.6. The Hall–Kier alpha value is -2.20. The SMILES string of the molecule is CC(COc1ccc(C(C)CC(=O)O)cc1)COc1ccc(C(C)(C)C)cc1Cl. The summed E-state index contributed by atoms with van der Waals surface area (Å²) in [5.74, 6) is 0.807. The summed E-state index contributed by atoms with van der Waals surface area (Å²) in [5.41, 5.74) is 2.21. The van der Waals surface area contributed by atoms with Crippen molar-refractivity contribution < 1.29 is 19.4 Å². The second-order valence-electron chi connectivity index (χ2n) is 8.69. The monoisotopic (exact) mass is 418 g/mol. The van der Waals surface area contributed by atoms with Crippen molar-refractivity contribution in [2.45, 2.75) is 52.4 Å². The van der Waals surface area contributed by atoms with Gasteiger partial charge < -0.3 is 14.6 Å². The lowest BCUT2D eigenvalue weighted by Crippen LogP contribution is -2.17. The molecule has 2 rings (SSSR count). The number of aliphatic carboxylic acids is 1. The maximum absolute atomic E-state index is 10.8. The predicted molar refractivity (Wildman–Crippen MR) is 117 cm³/mol. The highest BCUT2D eigenvalue weighted by Gasteiger charge is 2.16. The van der Waals surface area contributed by atoms with Crippen molar-refractivity contribution in [2.75, 3.05) is 13.2 Å². The van der Waals surface area contributed by atoms with Crippen LogP contribution in [0.5, 0.6) is 11.5 Å². The molecular weight excluding hydrogens is 388 g/mol. The van der Waals surface area contributed by atoms with Crippen LogP contribution in [0.25, 0.3) is 0 Å². The van der Waals surface area contributed by atoms with E-state index in [9.17, 15) is 4.79 Å². The van der Waals surface area contributed by atoms with Crippen LogP contribution in [0.15, 0.2) is 42.5 Å². The van der Waals surface area contributed by atoms with E-state index < -0.39 is 5.97 Å². The molecule has 0 radical (unpaired) electrons. The highest BCUT2D eigenvalue weighted by atomic mass is 35.5. The van der Waals surface area contributed by atoms with Crippen LogP contribution in [0.1, 0.15) is 58.1 Å². The van der Waals surface area contributed by atoms with Crippen LogP contribution >= 0.6 is 11.6 Å².